The Bertz CT molecular complexity index is 792. The number of aromatic nitrogens is 3. The summed E-state index contributed by atoms with van der Waals surface area (Å²) < 4.78 is 10.9. The monoisotopic (exact) mass is 342 g/mol. The fourth-order valence-electron chi connectivity index (χ4n) is 4.16. The fraction of sp³-hybridized carbons (Fsp3) is 0.667. The minimum atomic E-state index is 0.0174. The molecule has 2 aliphatic carbocycles. The lowest BCUT2D eigenvalue weighted by atomic mass is 9.85. The van der Waals surface area contributed by atoms with Gasteiger partial charge in [-0.3, -0.25) is 4.79 Å². The van der Waals surface area contributed by atoms with Gasteiger partial charge < -0.3 is 13.9 Å². The third-order valence-electron chi connectivity index (χ3n) is 5.88. The van der Waals surface area contributed by atoms with Crippen LogP contribution in [0.25, 0.3) is 11.7 Å². The standard InChI is InChI=1S/C18H22N4O3/c23-15-8-12(10-22(15)9-11-4-3-5-11)17-19-18(25-21-17)16-13-6-1-2-7-14(13)20-24-16/h11-12H,1-10H2. The molecule has 0 spiro atoms. The average molecular weight is 342 g/mol. The summed E-state index contributed by atoms with van der Waals surface area (Å²) in [5, 5.41) is 8.28. The molecule has 0 aromatic carbocycles. The van der Waals surface area contributed by atoms with Crippen LogP contribution in [0.3, 0.4) is 0 Å². The first kappa shape index (κ1) is 15.1. The molecular formula is C18H22N4O3. The van der Waals surface area contributed by atoms with E-state index in [0.29, 0.717) is 36.4 Å². The van der Waals surface area contributed by atoms with Gasteiger partial charge in [0.2, 0.25) is 11.7 Å². The van der Waals surface area contributed by atoms with E-state index in [2.05, 4.69) is 15.3 Å². The minimum Gasteiger partial charge on any atom is -0.350 e. The van der Waals surface area contributed by atoms with Gasteiger partial charge in [0.1, 0.15) is 0 Å². The van der Waals surface area contributed by atoms with Gasteiger partial charge in [-0.15, -0.1) is 0 Å². The molecule has 25 heavy (non-hydrogen) atoms. The summed E-state index contributed by atoms with van der Waals surface area (Å²) in [4.78, 5) is 18.8. The molecule has 1 amide bonds. The third kappa shape index (κ3) is 2.65. The van der Waals surface area contributed by atoms with Crippen LogP contribution >= 0.6 is 0 Å². The number of hydrogen-bond donors (Lipinski definition) is 0. The largest absolute Gasteiger partial charge is 0.350 e. The summed E-state index contributed by atoms with van der Waals surface area (Å²) in [7, 11) is 0. The number of carbonyl (C=O) groups is 1. The predicted molar refractivity (Wildman–Crippen MR) is 87.7 cm³/mol. The number of aryl methyl sites for hydroxylation is 1. The number of likely N-dealkylation sites (tertiary alicyclic amines) is 1. The van der Waals surface area contributed by atoms with Crippen molar-refractivity contribution in [2.24, 2.45) is 5.92 Å². The van der Waals surface area contributed by atoms with Crippen LogP contribution in [-0.2, 0) is 17.6 Å². The van der Waals surface area contributed by atoms with E-state index in [9.17, 15) is 4.79 Å². The van der Waals surface area contributed by atoms with Gasteiger partial charge in [0.25, 0.3) is 5.89 Å². The van der Waals surface area contributed by atoms with E-state index in [1.54, 1.807) is 0 Å². The van der Waals surface area contributed by atoms with Crippen molar-refractivity contribution >= 4 is 5.91 Å². The molecule has 2 aromatic rings. The first-order valence-corrected chi connectivity index (χ1v) is 9.37. The lowest BCUT2D eigenvalue weighted by molar-refractivity contribution is -0.128. The van der Waals surface area contributed by atoms with Crippen molar-refractivity contribution in [1.82, 2.24) is 20.2 Å². The molecule has 1 aliphatic heterocycles. The van der Waals surface area contributed by atoms with Crippen molar-refractivity contribution in [2.45, 2.75) is 57.3 Å². The molecule has 1 saturated heterocycles. The van der Waals surface area contributed by atoms with Gasteiger partial charge >= 0.3 is 0 Å². The highest BCUT2D eigenvalue weighted by Crippen LogP contribution is 2.34. The normalized spacial score (nSPS) is 23.8. The Kier molecular flexibility index (Phi) is 3.60. The highest BCUT2D eigenvalue weighted by Gasteiger charge is 2.36. The Hall–Kier alpha value is -2.18. The zero-order chi connectivity index (χ0) is 16.8. The molecule has 0 bridgehead atoms. The highest BCUT2D eigenvalue weighted by molar-refractivity contribution is 5.79. The van der Waals surface area contributed by atoms with E-state index in [0.717, 1.165) is 43.5 Å². The van der Waals surface area contributed by atoms with Gasteiger partial charge in [0, 0.05) is 31.0 Å². The van der Waals surface area contributed by atoms with Crippen LogP contribution in [0.4, 0.5) is 0 Å². The summed E-state index contributed by atoms with van der Waals surface area (Å²) in [5.74, 6) is 2.54. The van der Waals surface area contributed by atoms with E-state index < -0.39 is 0 Å². The Morgan fingerprint density at radius 2 is 1.96 bits per heavy atom. The number of carbonyl (C=O) groups excluding carboxylic acids is 1. The van der Waals surface area contributed by atoms with Crippen LogP contribution in [0, 0.1) is 5.92 Å². The Balaban J connectivity index is 1.33. The van der Waals surface area contributed by atoms with Crippen LogP contribution in [0.2, 0.25) is 0 Å². The van der Waals surface area contributed by atoms with E-state index in [1.807, 2.05) is 4.90 Å². The minimum absolute atomic E-state index is 0.0174. The van der Waals surface area contributed by atoms with E-state index in [1.165, 1.54) is 19.3 Å². The lowest BCUT2D eigenvalue weighted by Crippen LogP contribution is -2.33. The van der Waals surface area contributed by atoms with Crippen LogP contribution in [0.1, 0.15) is 61.5 Å². The predicted octanol–water partition coefficient (Wildman–Crippen LogP) is 2.72. The van der Waals surface area contributed by atoms with Gasteiger partial charge in [0.15, 0.2) is 5.82 Å². The van der Waals surface area contributed by atoms with Crippen molar-refractivity contribution in [3.63, 3.8) is 0 Å². The maximum atomic E-state index is 12.3. The van der Waals surface area contributed by atoms with Crippen molar-refractivity contribution in [3.8, 4) is 11.7 Å². The Morgan fingerprint density at radius 1 is 1.08 bits per heavy atom. The average Bonchev–Trinajstić information content (AvgIpc) is 3.28. The molecular weight excluding hydrogens is 320 g/mol. The van der Waals surface area contributed by atoms with Crippen molar-refractivity contribution in [2.75, 3.05) is 13.1 Å². The van der Waals surface area contributed by atoms with Crippen molar-refractivity contribution in [1.29, 1.82) is 0 Å². The number of rotatable bonds is 4. The zero-order valence-corrected chi connectivity index (χ0v) is 14.2. The van der Waals surface area contributed by atoms with Crippen LogP contribution in [-0.4, -0.2) is 39.2 Å². The van der Waals surface area contributed by atoms with E-state index in [4.69, 9.17) is 9.05 Å². The summed E-state index contributed by atoms with van der Waals surface area (Å²) >= 11 is 0. The van der Waals surface area contributed by atoms with Crippen LogP contribution in [0.5, 0.6) is 0 Å². The van der Waals surface area contributed by atoms with Gasteiger partial charge in [0.05, 0.1) is 5.69 Å². The van der Waals surface area contributed by atoms with Crippen molar-refractivity contribution < 1.29 is 13.8 Å². The van der Waals surface area contributed by atoms with E-state index >= 15 is 0 Å². The molecule has 1 atom stereocenters. The molecule has 3 aliphatic rings. The third-order valence-corrected chi connectivity index (χ3v) is 5.88. The van der Waals surface area contributed by atoms with Gasteiger partial charge in [-0.2, -0.15) is 4.98 Å². The second-order valence-electron chi connectivity index (χ2n) is 7.60. The second-order valence-corrected chi connectivity index (χ2v) is 7.60. The molecule has 2 aromatic heterocycles. The molecule has 7 heteroatoms. The molecule has 0 N–H and O–H groups in total. The molecule has 1 saturated carbocycles. The fourth-order valence-corrected chi connectivity index (χ4v) is 4.16. The molecule has 1 unspecified atom stereocenters. The second kappa shape index (κ2) is 5.97. The highest BCUT2D eigenvalue weighted by atomic mass is 16.5. The van der Waals surface area contributed by atoms with Gasteiger partial charge in [-0.05, 0) is 44.4 Å². The van der Waals surface area contributed by atoms with Gasteiger partial charge in [-0.1, -0.05) is 16.7 Å². The molecule has 132 valence electrons. The maximum Gasteiger partial charge on any atom is 0.296 e. The number of hydrogen-bond acceptors (Lipinski definition) is 6. The van der Waals surface area contributed by atoms with Crippen LogP contribution < -0.4 is 0 Å². The molecule has 0 radical (unpaired) electrons. The summed E-state index contributed by atoms with van der Waals surface area (Å²) in [6.45, 7) is 1.58. The maximum absolute atomic E-state index is 12.3. The lowest BCUT2D eigenvalue weighted by Gasteiger charge is -2.30. The molecule has 3 heterocycles. The quantitative estimate of drug-likeness (QED) is 0.849. The summed E-state index contributed by atoms with van der Waals surface area (Å²) in [6, 6.07) is 0. The topological polar surface area (TPSA) is 85.3 Å². The first-order chi connectivity index (χ1) is 12.3. The zero-order valence-electron chi connectivity index (χ0n) is 14.2. The summed E-state index contributed by atoms with van der Waals surface area (Å²) in [6.07, 6.45) is 8.45. The Morgan fingerprint density at radius 3 is 2.80 bits per heavy atom. The Labute approximate surface area is 145 Å². The van der Waals surface area contributed by atoms with E-state index in [-0.39, 0.29) is 11.8 Å². The first-order valence-electron chi connectivity index (χ1n) is 9.37. The van der Waals surface area contributed by atoms with Crippen molar-refractivity contribution in [3.05, 3.63) is 17.1 Å². The number of nitrogens with zero attached hydrogens (tertiary/aromatic N) is 4. The molecule has 5 rings (SSSR count). The van der Waals surface area contributed by atoms with Crippen LogP contribution in [0.15, 0.2) is 9.05 Å². The number of amides is 1. The SMILES string of the molecule is O=C1CC(c2noc(-c3onc4c3CCCC4)n2)CN1CC1CCC1. The van der Waals surface area contributed by atoms with Gasteiger partial charge in [-0.25, -0.2) is 0 Å². The number of fused-ring (bicyclic) bond motifs is 1. The summed E-state index contributed by atoms with van der Waals surface area (Å²) in [5.41, 5.74) is 2.12. The molecule has 2 fully saturated rings. The molecule has 7 nitrogen and oxygen atoms in total. The smallest absolute Gasteiger partial charge is 0.296 e.